The maximum Gasteiger partial charge on any atom is 0.169 e. The van der Waals surface area contributed by atoms with Gasteiger partial charge in [0.25, 0.3) is 0 Å². The molecule has 1 heterocycles. The van der Waals surface area contributed by atoms with Crippen molar-refractivity contribution in [3.05, 3.63) is 22.6 Å². The highest BCUT2D eigenvalue weighted by Crippen LogP contribution is 2.31. The molecule has 3 heteroatoms. The van der Waals surface area contributed by atoms with E-state index in [4.69, 9.17) is 4.42 Å². The molecule has 0 fully saturated rings. The minimum absolute atomic E-state index is 0.298. The van der Waals surface area contributed by atoms with Crippen LogP contribution in [0, 0.1) is 5.41 Å². The summed E-state index contributed by atoms with van der Waals surface area (Å²) in [6.07, 6.45) is 1.07. The van der Waals surface area contributed by atoms with Gasteiger partial charge in [-0.05, 0) is 46.4 Å². The second kappa shape index (κ2) is 5.17. The number of nitrogens with one attached hydrogen (secondary N) is 1. The Morgan fingerprint density at radius 1 is 1.40 bits per heavy atom. The van der Waals surface area contributed by atoms with Crippen LogP contribution in [0.25, 0.3) is 0 Å². The van der Waals surface area contributed by atoms with Crippen LogP contribution in [0.15, 0.2) is 21.2 Å². The summed E-state index contributed by atoms with van der Waals surface area (Å²) >= 11 is 3.34. The zero-order valence-corrected chi connectivity index (χ0v) is 11.5. The van der Waals surface area contributed by atoms with E-state index in [0.29, 0.717) is 11.5 Å². The van der Waals surface area contributed by atoms with E-state index < -0.39 is 0 Å². The molecule has 0 saturated carbocycles. The zero-order valence-electron chi connectivity index (χ0n) is 9.93. The highest BCUT2D eigenvalue weighted by molar-refractivity contribution is 9.10. The summed E-state index contributed by atoms with van der Waals surface area (Å²) in [6.45, 7) is 9.81. The summed E-state index contributed by atoms with van der Waals surface area (Å²) in [7, 11) is 0. The summed E-state index contributed by atoms with van der Waals surface area (Å²) in [4.78, 5) is 0. The SMILES string of the molecule is CCNC(CC(C)(C)C)c1ccc(Br)o1. The Hall–Kier alpha value is -0.280. The number of hydrogen-bond donors (Lipinski definition) is 1. The van der Waals surface area contributed by atoms with Crippen molar-refractivity contribution in [1.82, 2.24) is 5.32 Å². The van der Waals surface area contributed by atoms with Gasteiger partial charge in [0.2, 0.25) is 0 Å². The Labute approximate surface area is 101 Å². The van der Waals surface area contributed by atoms with E-state index in [-0.39, 0.29) is 0 Å². The largest absolute Gasteiger partial charge is 0.453 e. The highest BCUT2D eigenvalue weighted by Gasteiger charge is 2.21. The Morgan fingerprint density at radius 2 is 2.07 bits per heavy atom. The molecule has 15 heavy (non-hydrogen) atoms. The lowest BCUT2D eigenvalue weighted by Crippen LogP contribution is -2.25. The molecule has 0 aliphatic rings. The normalized spacial score (nSPS) is 14.2. The van der Waals surface area contributed by atoms with Gasteiger partial charge >= 0.3 is 0 Å². The fourth-order valence-corrected chi connectivity index (χ4v) is 1.97. The second-order valence-electron chi connectivity index (χ2n) is 5.02. The summed E-state index contributed by atoms with van der Waals surface area (Å²) in [5, 5.41) is 3.45. The van der Waals surface area contributed by atoms with Crippen LogP contribution < -0.4 is 5.32 Å². The van der Waals surface area contributed by atoms with Gasteiger partial charge in [0.1, 0.15) is 5.76 Å². The minimum Gasteiger partial charge on any atom is -0.453 e. The Balaban J connectivity index is 2.74. The molecule has 1 rings (SSSR count). The maximum atomic E-state index is 5.60. The van der Waals surface area contributed by atoms with Gasteiger partial charge in [-0.2, -0.15) is 0 Å². The molecule has 0 aromatic carbocycles. The third-order valence-corrected chi connectivity index (χ3v) is 2.63. The molecular weight excluding hydrogens is 254 g/mol. The first-order chi connectivity index (χ1) is 6.92. The number of halogens is 1. The van der Waals surface area contributed by atoms with Gasteiger partial charge in [0, 0.05) is 0 Å². The molecule has 0 amide bonds. The van der Waals surface area contributed by atoms with Crippen molar-refractivity contribution < 1.29 is 4.42 Å². The predicted molar refractivity (Wildman–Crippen MR) is 66.9 cm³/mol. The highest BCUT2D eigenvalue weighted by atomic mass is 79.9. The van der Waals surface area contributed by atoms with Crippen LogP contribution in [-0.4, -0.2) is 6.54 Å². The Kier molecular flexibility index (Phi) is 4.41. The van der Waals surface area contributed by atoms with Gasteiger partial charge < -0.3 is 9.73 Å². The summed E-state index contributed by atoms with van der Waals surface area (Å²) in [6, 6.07) is 4.28. The molecule has 0 aliphatic heterocycles. The van der Waals surface area contributed by atoms with Crippen LogP contribution in [0.1, 0.15) is 45.9 Å². The number of rotatable bonds is 4. The predicted octanol–water partition coefficient (Wildman–Crippen LogP) is 4.13. The molecule has 0 bridgehead atoms. The second-order valence-corrected chi connectivity index (χ2v) is 5.80. The minimum atomic E-state index is 0.298. The van der Waals surface area contributed by atoms with Crippen molar-refractivity contribution in [3.63, 3.8) is 0 Å². The molecule has 0 radical (unpaired) electrons. The lowest BCUT2D eigenvalue weighted by molar-refractivity contribution is 0.283. The Bertz CT molecular complexity index is 301. The van der Waals surface area contributed by atoms with Gasteiger partial charge in [-0.3, -0.25) is 0 Å². The van der Waals surface area contributed by atoms with Crippen molar-refractivity contribution in [1.29, 1.82) is 0 Å². The first kappa shape index (κ1) is 12.8. The van der Waals surface area contributed by atoms with Crippen molar-refractivity contribution in [2.75, 3.05) is 6.54 Å². The van der Waals surface area contributed by atoms with E-state index in [9.17, 15) is 0 Å². The standard InChI is InChI=1S/C12H20BrNO/c1-5-14-9(8-12(2,3)4)10-6-7-11(13)15-10/h6-7,9,14H,5,8H2,1-4H3. The van der Waals surface area contributed by atoms with Crippen LogP contribution in [0.3, 0.4) is 0 Å². The molecule has 1 atom stereocenters. The van der Waals surface area contributed by atoms with Crippen LogP contribution in [0.2, 0.25) is 0 Å². The summed E-state index contributed by atoms with van der Waals surface area (Å²) in [5.41, 5.74) is 0.298. The number of furan rings is 1. The number of hydrogen-bond acceptors (Lipinski definition) is 2. The topological polar surface area (TPSA) is 25.2 Å². The quantitative estimate of drug-likeness (QED) is 0.893. The molecule has 86 valence electrons. The van der Waals surface area contributed by atoms with Gasteiger partial charge in [0.15, 0.2) is 4.67 Å². The smallest absolute Gasteiger partial charge is 0.169 e. The molecule has 0 spiro atoms. The Morgan fingerprint density at radius 3 is 2.47 bits per heavy atom. The van der Waals surface area contributed by atoms with E-state index in [2.05, 4.69) is 48.9 Å². The van der Waals surface area contributed by atoms with Crippen LogP contribution >= 0.6 is 15.9 Å². The van der Waals surface area contributed by atoms with E-state index in [1.807, 2.05) is 12.1 Å². The van der Waals surface area contributed by atoms with Crippen molar-refractivity contribution in [2.24, 2.45) is 5.41 Å². The molecule has 2 nitrogen and oxygen atoms in total. The molecule has 1 N–H and O–H groups in total. The zero-order chi connectivity index (χ0) is 11.5. The molecule has 0 aliphatic carbocycles. The molecule has 1 unspecified atom stereocenters. The van der Waals surface area contributed by atoms with E-state index >= 15 is 0 Å². The van der Waals surface area contributed by atoms with Gasteiger partial charge in [-0.25, -0.2) is 0 Å². The molecular formula is C12H20BrNO. The summed E-state index contributed by atoms with van der Waals surface area (Å²) < 4.78 is 6.40. The average molecular weight is 274 g/mol. The van der Waals surface area contributed by atoms with Crippen molar-refractivity contribution in [2.45, 2.75) is 40.2 Å². The van der Waals surface area contributed by atoms with Crippen LogP contribution in [-0.2, 0) is 0 Å². The third-order valence-electron chi connectivity index (χ3n) is 2.20. The fraction of sp³-hybridized carbons (Fsp3) is 0.667. The first-order valence-electron chi connectivity index (χ1n) is 5.41. The first-order valence-corrected chi connectivity index (χ1v) is 6.20. The lowest BCUT2D eigenvalue weighted by Gasteiger charge is -2.25. The summed E-state index contributed by atoms with van der Waals surface area (Å²) in [5.74, 6) is 1.01. The monoisotopic (exact) mass is 273 g/mol. The van der Waals surface area contributed by atoms with Crippen LogP contribution in [0.4, 0.5) is 0 Å². The van der Waals surface area contributed by atoms with E-state index in [0.717, 1.165) is 23.4 Å². The van der Waals surface area contributed by atoms with E-state index in [1.165, 1.54) is 0 Å². The van der Waals surface area contributed by atoms with Gasteiger partial charge in [-0.1, -0.05) is 27.7 Å². The third kappa shape index (κ3) is 4.39. The van der Waals surface area contributed by atoms with Gasteiger partial charge in [-0.15, -0.1) is 0 Å². The maximum absolute atomic E-state index is 5.60. The fourth-order valence-electron chi connectivity index (χ4n) is 1.65. The molecule has 1 aromatic rings. The average Bonchev–Trinajstić information content (AvgIpc) is 2.48. The van der Waals surface area contributed by atoms with E-state index in [1.54, 1.807) is 0 Å². The van der Waals surface area contributed by atoms with Gasteiger partial charge in [0.05, 0.1) is 6.04 Å². The lowest BCUT2D eigenvalue weighted by atomic mass is 9.87. The van der Waals surface area contributed by atoms with Crippen LogP contribution in [0.5, 0.6) is 0 Å². The van der Waals surface area contributed by atoms with Crippen molar-refractivity contribution in [3.8, 4) is 0 Å². The molecule has 0 saturated heterocycles. The van der Waals surface area contributed by atoms with Crippen molar-refractivity contribution >= 4 is 15.9 Å². The molecule has 1 aromatic heterocycles.